The smallest absolute Gasteiger partial charge is 0.269 e. The predicted molar refractivity (Wildman–Crippen MR) is 167 cm³/mol. The highest BCUT2D eigenvalue weighted by Gasteiger charge is 2.24. The van der Waals surface area contributed by atoms with Gasteiger partial charge in [0.25, 0.3) is 5.91 Å². The number of methoxy groups -OCH3 is 2. The van der Waals surface area contributed by atoms with Crippen LogP contribution in [0.3, 0.4) is 0 Å². The second-order valence-corrected chi connectivity index (χ2v) is 11.1. The molecule has 8 nitrogen and oxygen atoms in total. The zero-order valence-electron chi connectivity index (χ0n) is 22.6. The molecule has 0 aliphatic heterocycles. The molecule has 0 spiro atoms. The van der Waals surface area contributed by atoms with Crippen LogP contribution in [0, 0.1) is 0 Å². The van der Waals surface area contributed by atoms with Gasteiger partial charge in [-0.15, -0.1) is 11.3 Å². The topological polar surface area (TPSA) is 109 Å². The van der Waals surface area contributed by atoms with Crippen LogP contribution in [0.2, 0.25) is 0 Å². The van der Waals surface area contributed by atoms with E-state index in [2.05, 4.69) is 10.3 Å². The van der Waals surface area contributed by atoms with E-state index < -0.39 is 0 Å². The number of amides is 1. The van der Waals surface area contributed by atoms with Crippen molar-refractivity contribution in [1.82, 2.24) is 9.97 Å². The molecule has 206 valence electrons. The molecule has 0 saturated heterocycles. The molecule has 0 unspecified atom stereocenters. The summed E-state index contributed by atoms with van der Waals surface area (Å²) in [5.74, 6) is 1.57. The molecule has 41 heavy (non-hydrogen) atoms. The van der Waals surface area contributed by atoms with Crippen LogP contribution in [0.4, 0.5) is 10.8 Å². The Morgan fingerprint density at radius 1 is 0.927 bits per heavy atom. The molecular weight excluding hydrogens is 556 g/mol. The molecule has 0 saturated carbocycles. The lowest BCUT2D eigenvalue weighted by Crippen LogP contribution is -2.11. The van der Waals surface area contributed by atoms with Crippen molar-refractivity contribution in [2.75, 3.05) is 31.9 Å². The number of hydrogen-bond acceptors (Lipinski definition) is 9. The molecule has 3 aromatic carbocycles. The number of aromatic nitrogens is 2. The Hall–Kier alpha value is -4.67. The minimum atomic E-state index is -0.348. The number of nitrogens with two attached hydrogens (primary N) is 1. The number of rotatable bonds is 8. The van der Waals surface area contributed by atoms with E-state index in [4.69, 9.17) is 24.9 Å². The van der Waals surface area contributed by atoms with Crippen molar-refractivity contribution in [3.63, 3.8) is 0 Å². The molecule has 0 aliphatic rings. The fourth-order valence-electron chi connectivity index (χ4n) is 4.73. The van der Waals surface area contributed by atoms with Gasteiger partial charge in [0.15, 0.2) is 16.6 Å². The third kappa shape index (κ3) is 4.92. The number of ether oxygens (including phenoxy) is 3. The van der Waals surface area contributed by atoms with Gasteiger partial charge in [0.2, 0.25) is 0 Å². The normalized spacial score (nSPS) is 11.1. The van der Waals surface area contributed by atoms with Crippen LogP contribution in [0.5, 0.6) is 17.2 Å². The van der Waals surface area contributed by atoms with E-state index in [0.717, 1.165) is 38.4 Å². The number of anilines is 2. The van der Waals surface area contributed by atoms with Crippen molar-refractivity contribution in [3.8, 4) is 39.6 Å². The fourth-order valence-corrected chi connectivity index (χ4v) is 6.63. The number of carbonyl (C=O) groups excluding carboxylic acids is 1. The number of nitrogens with one attached hydrogen (secondary N) is 1. The van der Waals surface area contributed by atoms with Gasteiger partial charge >= 0.3 is 0 Å². The molecule has 6 rings (SSSR count). The zero-order chi connectivity index (χ0) is 28.5. The lowest BCUT2D eigenvalue weighted by Gasteiger charge is -2.15. The molecule has 3 N–H and O–H groups in total. The highest BCUT2D eigenvalue weighted by Crippen LogP contribution is 2.46. The van der Waals surface area contributed by atoms with Gasteiger partial charge in [0.05, 0.1) is 42.4 Å². The minimum Gasteiger partial charge on any atom is -0.494 e. The fraction of sp³-hybridized carbons (Fsp3) is 0.129. The zero-order valence-corrected chi connectivity index (χ0v) is 24.2. The highest BCUT2D eigenvalue weighted by molar-refractivity contribution is 7.23. The van der Waals surface area contributed by atoms with Gasteiger partial charge in [-0.1, -0.05) is 53.8 Å². The number of nitrogens with zero attached hydrogens (tertiary/aromatic N) is 2. The first-order valence-corrected chi connectivity index (χ1v) is 14.5. The van der Waals surface area contributed by atoms with E-state index >= 15 is 0 Å². The summed E-state index contributed by atoms with van der Waals surface area (Å²) in [4.78, 5) is 24.1. The van der Waals surface area contributed by atoms with E-state index in [1.807, 2.05) is 79.7 Å². The van der Waals surface area contributed by atoms with Crippen LogP contribution in [-0.2, 0) is 0 Å². The molecule has 3 heterocycles. The van der Waals surface area contributed by atoms with Crippen LogP contribution in [0.15, 0.2) is 72.8 Å². The maximum absolute atomic E-state index is 13.6. The summed E-state index contributed by atoms with van der Waals surface area (Å²) in [5.41, 5.74) is 11.1. The summed E-state index contributed by atoms with van der Waals surface area (Å²) in [6, 6.07) is 23.2. The van der Waals surface area contributed by atoms with Crippen molar-refractivity contribution in [2.45, 2.75) is 6.92 Å². The molecule has 0 bridgehead atoms. The highest BCUT2D eigenvalue weighted by atomic mass is 32.1. The number of nitrogen functional groups attached to an aromatic ring is 1. The first-order valence-electron chi connectivity index (χ1n) is 12.8. The number of thiazole rings is 1. The predicted octanol–water partition coefficient (Wildman–Crippen LogP) is 7.49. The van der Waals surface area contributed by atoms with E-state index in [1.54, 1.807) is 14.2 Å². The molecule has 0 fully saturated rings. The largest absolute Gasteiger partial charge is 0.494 e. The molecule has 3 aromatic heterocycles. The molecular formula is C31H26N4O4S2. The lowest BCUT2D eigenvalue weighted by molar-refractivity contribution is 0.103. The van der Waals surface area contributed by atoms with Crippen LogP contribution in [0.1, 0.15) is 16.6 Å². The number of pyridine rings is 1. The van der Waals surface area contributed by atoms with Gasteiger partial charge in [0, 0.05) is 22.1 Å². The lowest BCUT2D eigenvalue weighted by atomic mass is 9.98. The average molecular weight is 583 g/mol. The van der Waals surface area contributed by atoms with E-state index in [9.17, 15) is 4.79 Å². The van der Waals surface area contributed by atoms with Gasteiger partial charge in [-0.05, 0) is 37.3 Å². The summed E-state index contributed by atoms with van der Waals surface area (Å²) in [5, 5.41) is 4.09. The van der Waals surface area contributed by atoms with Crippen LogP contribution in [-0.4, -0.2) is 36.7 Å². The van der Waals surface area contributed by atoms with Crippen molar-refractivity contribution >= 4 is 59.8 Å². The third-order valence-electron chi connectivity index (χ3n) is 6.56. The van der Waals surface area contributed by atoms with Crippen LogP contribution >= 0.6 is 22.7 Å². The number of hydrogen-bond donors (Lipinski definition) is 2. The second kappa shape index (κ2) is 11.1. The summed E-state index contributed by atoms with van der Waals surface area (Å²) < 4.78 is 17.8. The van der Waals surface area contributed by atoms with E-state index in [1.165, 1.54) is 22.7 Å². The average Bonchev–Trinajstić information content (AvgIpc) is 3.56. The van der Waals surface area contributed by atoms with Crippen molar-refractivity contribution in [1.29, 1.82) is 0 Å². The van der Waals surface area contributed by atoms with Crippen molar-refractivity contribution < 1.29 is 19.0 Å². The Balaban J connectivity index is 1.47. The maximum atomic E-state index is 13.6. The Morgan fingerprint density at radius 3 is 2.51 bits per heavy atom. The summed E-state index contributed by atoms with van der Waals surface area (Å²) in [7, 11) is 3.20. The quantitative estimate of drug-likeness (QED) is 0.191. The Bertz CT molecular complexity index is 1900. The van der Waals surface area contributed by atoms with Crippen LogP contribution < -0.4 is 25.3 Å². The second-order valence-electron chi connectivity index (χ2n) is 9.02. The standard InChI is InChI=1S/C31H26N4O4S2/c1-4-39-18-13-14-21-24(15-18)40-31(34-21)35-29(36)28-26(32)25-20(19-11-8-12-23(37-2)27(19)38-3)16-22(33-30(25)41-28)17-9-6-5-7-10-17/h5-16H,4,32H2,1-3H3,(H,34,35,36). The number of carbonyl (C=O) groups is 1. The van der Waals surface area contributed by atoms with Crippen molar-refractivity contribution in [2.24, 2.45) is 0 Å². The summed E-state index contributed by atoms with van der Waals surface area (Å²) in [6.07, 6.45) is 0. The number of benzene rings is 3. The van der Waals surface area contributed by atoms with Gasteiger partial charge in [-0.2, -0.15) is 0 Å². The Labute approximate surface area is 244 Å². The Kier molecular flexibility index (Phi) is 7.17. The minimum absolute atomic E-state index is 0.342. The summed E-state index contributed by atoms with van der Waals surface area (Å²) in [6.45, 7) is 2.51. The first-order chi connectivity index (χ1) is 20.0. The molecule has 1 amide bonds. The number of fused-ring (bicyclic) bond motifs is 2. The van der Waals surface area contributed by atoms with Crippen LogP contribution in [0.25, 0.3) is 42.8 Å². The van der Waals surface area contributed by atoms with Gasteiger partial charge in [-0.25, -0.2) is 9.97 Å². The van der Waals surface area contributed by atoms with Gasteiger partial charge < -0.3 is 19.9 Å². The molecule has 6 aromatic rings. The molecule has 10 heteroatoms. The van der Waals surface area contributed by atoms with Crippen molar-refractivity contribution in [3.05, 3.63) is 77.7 Å². The SMILES string of the molecule is CCOc1ccc2nc(NC(=O)c3sc4nc(-c5ccccc5)cc(-c5cccc(OC)c5OC)c4c3N)sc2c1. The first kappa shape index (κ1) is 26.5. The van der Waals surface area contributed by atoms with E-state index in [0.29, 0.717) is 44.0 Å². The molecule has 0 radical (unpaired) electrons. The van der Waals surface area contributed by atoms with E-state index in [-0.39, 0.29) is 5.91 Å². The number of thiophene rings is 1. The monoisotopic (exact) mass is 582 g/mol. The maximum Gasteiger partial charge on any atom is 0.269 e. The van der Waals surface area contributed by atoms with Gasteiger partial charge in [0.1, 0.15) is 15.5 Å². The third-order valence-corrected chi connectivity index (χ3v) is 8.59. The molecule has 0 atom stereocenters. The Morgan fingerprint density at radius 2 is 1.76 bits per heavy atom. The number of para-hydroxylation sites is 1. The van der Waals surface area contributed by atoms with Gasteiger partial charge in [-0.3, -0.25) is 10.1 Å². The summed E-state index contributed by atoms with van der Waals surface area (Å²) >= 11 is 2.62. The molecule has 0 aliphatic carbocycles.